The minimum absolute atomic E-state index is 0.134. The number of fused-ring (bicyclic) bond motifs is 1. The molecule has 0 atom stereocenters. The van der Waals surface area contributed by atoms with Crippen molar-refractivity contribution in [2.75, 3.05) is 13.1 Å². The first kappa shape index (κ1) is 17.0. The summed E-state index contributed by atoms with van der Waals surface area (Å²) in [6.07, 6.45) is 0. The maximum atomic E-state index is 13.6. The van der Waals surface area contributed by atoms with Crippen molar-refractivity contribution in [3.05, 3.63) is 52.9 Å². The average molecular weight is 374 g/mol. The number of hydrogen-bond donors (Lipinski definition) is 1. The van der Waals surface area contributed by atoms with Gasteiger partial charge in [-0.2, -0.15) is 0 Å². The lowest BCUT2D eigenvalue weighted by molar-refractivity contribution is -0.00785. The van der Waals surface area contributed by atoms with E-state index in [1.54, 1.807) is 18.2 Å². The van der Waals surface area contributed by atoms with Crippen molar-refractivity contribution in [2.45, 2.75) is 19.1 Å². The molecular formula is C19H17ClFN3O2. The molecule has 0 unspecified atom stereocenters. The lowest BCUT2D eigenvalue weighted by Crippen LogP contribution is -2.59. The number of carbonyl (C=O) groups excluding carboxylic acids is 1. The van der Waals surface area contributed by atoms with Crippen LogP contribution in [0.1, 0.15) is 23.2 Å². The summed E-state index contributed by atoms with van der Waals surface area (Å²) in [6, 6.07) is 10.8. The molecule has 2 aromatic carbocycles. The van der Waals surface area contributed by atoms with Crippen molar-refractivity contribution < 1.29 is 13.6 Å². The third-order valence-electron chi connectivity index (χ3n) is 4.46. The smallest absolute Gasteiger partial charge is 0.254 e. The quantitative estimate of drug-likeness (QED) is 0.758. The highest BCUT2D eigenvalue weighted by atomic mass is 35.5. The van der Waals surface area contributed by atoms with Crippen LogP contribution in [0.15, 0.2) is 40.8 Å². The molecule has 2 N–H and O–H groups in total. The van der Waals surface area contributed by atoms with Gasteiger partial charge in [-0.3, -0.25) is 4.79 Å². The Morgan fingerprint density at radius 2 is 2.00 bits per heavy atom. The van der Waals surface area contributed by atoms with Gasteiger partial charge in [0.25, 0.3) is 5.91 Å². The highest BCUT2D eigenvalue weighted by Gasteiger charge is 2.41. The molecule has 5 nitrogen and oxygen atoms in total. The number of benzene rings is 2. The Hall–Kier alpha value is -2.44. The summed E-state index contributed by atoms with van der Waals surface area (Å²) < 4.78 is 19.1. The number of carbonyl (C=O) groups is 1. The average Bonchev–Trinajstić information content (AvgIpc) is 3.03. The van der Waals surface area contributed by atoms with Crippen molar-refractivity contribution in [3.8, 4) is 11.1 Å². The molecule has 0 spiro atoms. The number of nitrogens with zero attached hydrogens (tertiary/aromatic N) is 2. The van der Waals surface area contributed by atoms with E-state index in [-0.39, 0.29) is 25.5 Å². The SMILES string of the molecule is CC1(F)CN(C(=O)c2ccc(-c3cc(Cl)c4oc(CN)nc4c3)cc2)C1. The Kier molecular flexibility index (Phi) is 3.97. The Bertz CT molecular complexity index is 990. The number of nitrogens with two attached hydrogens (primary N) is 1. The number of alkyl halides is 1. The molecule has 2 heterocycles. The van der Waals surface area contributed by atoms with Gasteiger partial charge in [-0.15, -0.1) is 0 Å². The van der Waals surface area contributed by atoms with Gasteiger partial charge < -0.3 is 15.1 Å². The molecule has 26 heavy (non-hydrogen) atoms. The highest BCUT2D eigenvalue weighted by molar-refractivity contribution is 6.35. The molecule has 0 saturated carbocycles. The van der Waals surface area contributed by atoms with Crippen LogP contribution in [-0.2, 0) is 6.54 Å². The fourth-order valence-corrected chi connectivity index (χ4v) is 3.43. The van der Waals surface area contributed by atoms with Gasteiger partial charge in [0.15, 0.2) is 5.58 Å². The first-order valence-electron chi connectivity index (χ1n) is 8.24. The zero-order chi connectivity index (χ0) is 18.5. The Balaban J connectivity index is 1.61. The minimum atomic E-state index is -1.28. The molecule has 7 heteroatoms. The Labute approximate surface area is 154 Å². The number of likely N-dealkylation sites (tertiary alicyclic amines) is 1. The zero-order valence-corrected chi connectivity index (χ0v) is 14.9. The predicted molar refractivity (Wildman–Crippen MR) is 97.8 cm³/mol. The third-order valence-corrected chi connectivity index (χ3v) is 4.74. The molecule has 1 amide bonds. The van der Waals surface area contributed by atoms with Crippen LogP contribution in [0, 0.1) is 0 Å². The molecular weight excluding hydrogens is 357 g/mol. The van der Waals surface area contributed by atoms with Crippen LogP contribution in [0.3, 0.4) is 0 Å². The van der Waals surface area contributed by atoms with E-state index in [1.165, 1.54) is 11.8 Å². The number of halogens is 2. The summed E-state index contributed by atoms with van der Waals surface area (Å²) in [7, 11) is 0. The van der Waals surface area contributed by atoms with Crippen LogP contribution in [-0.4, -0.2) is 34.5 Å². The molecule has 134 valence electrons. The monoisotopic (exact) mass is 373 g/mol. The first-order chi connectivity index (χ1) is 12.4. The van der Waals surface area contributed by atoms with E-state index < -0.39 is 5.67 Å². The number of amides is 1. The third kappa shape index (κ3) is 2.95. The van der Waals surface area contributed by atoms with Crippen molar-refractivity contribution in [2.24, 2.45) is 5.73 Å². The van der Waals surface area contributed by atoms with E-state index in [2.05, 4.69) is 4.98 Å². The van der Waals surface area contributed by atoms with Crippen molar-refractivity contribution in [1.29, 1.82) is 0 Å². The van der Waals surface area contributed by atoms with Gasteiger partial charge in [0.2, 0.25) is 5.89 Å². The summed E-state index contributed by atoms with van der Waals surface area (Å²) in [5, 5.41) is 0.452. The molecule has 1 saturated heterocycles. The van der Waals surface area contributed by atoms with E-state index >= 15 is 0 Å². The van der Waals surface area contributed by atoms with E-state index in [1.807, 2.05) is 18.2 Å². The topological polar surface area (TPSA) is 72.4 Å². The summed E-state index contributed by atoms with van der Waals surface area (Å²) >= 11 is 6.29. The van der Waals surface area contributed by atoms with Crippen molar-refractivity contribution >= 4 is 28.6 Å². The molecule has 1 fully saturated rings. The van der Waals surface area contributed by atoms with Gasteiger partial charge in [0.05, 0.1) is 24.7 Å². The summed E-state index contributed by atoms with van der Waals surface area (Å²) in [6.45, 7) is 1.97. The molecule has 0 aliphatic carbocycles. The molecule has 4 rings (SSSR count). The summed E-state index contributed by atoms with van der Waals surface area (Å²) in [4.78, 5) is 18.1. The molecule has 1 aliphatic rings. The standard InChI is InChI=1S/C19H17ClFN3O2/c1-19(21)9-24(10-19)18(25)12-4-2-11(3-5-12)13-6-14(20)17-15(7-13)23-16(8-22)26-17/h2-7H,8-10,22H2,1H3. The van der Waals surface area contributed by atoms with Crippen molar-refractivity contribution in [1.82, 2.24) is 9.88 Å². The van der Waals surface area contributed by atoms with Gasteiger partial charge in [-0.1, -0.05) is 23.7 Å². The second-order valence-corrected chi connectivity index (χ2v) is 7.18. The van der Waals surface area contributed by atoms with Gasteiger partial charge in [-0.05, 0) is 42.3 Å². The Morgan fingerprint density at radius 1 is 1.31 bits per heavy atom. The number of hydrogen-bond acceptors (Lipinski definition) is 4. The molecule has 0 bridgehead atoms. The van der Waals surface area contributed by atoms with Gasteiger partial charge in [0.1, 0.15) is 11.2 Å². The van der Waals surface area contributed by atoms with Gasteiger partial charge >= 0.3 is 0 Å². The van der Waals surface area contributed by atoms with Gasteiger partial charge in [0, 0.05) is 5.56 Å². The largest absolute Gasteiger partial charge is 0.438 e. The van der Waals surface area contributed by atoms with Crippen LogP contribution in [0.4, 0.5) is 4.39 Å². The van der Waals surface area contributed by atoms with E-state index in [0.717, 1.165) is 11.1 Å². The van der Waals surface area contributed by atoms with Crippen molar-refractivity contribution in [3.63, 3.8) is 0 Å². The summed E-state index contributed by atoms with van der Waals surface area (Å²) in [5.41, 5.74) is 7.71. The number of aromatic nitrogens is 1. The molecule has 3 aromatic rings. The van der Waals surface area contributed by atoms with Crippen LogP contribution in [0.25, 0.3) is 22.2 Å². The zero-order valence-electron chi connectivity index (χ0n) is 14.1. The molecule has 0 radical (unpaired) electrons. The summed E-state index contributed by atoms with van der Waals surface area (Å²) in [5.74, 6) is 0.263. The molecule has 1 aliphatic heterocycles. The fraction of sp³-hybridized carbons (Fsp3) is 0.263. The number of oxazole rings is 1. The minimum Gasteiger partial charge on any atom is -0.438 e. The van der Waals surface area contributed by atoms with Crippen LogP contribution < -0.4 is 5.73 Å². The van der Waals surface area contributed by atoms with Crippen LogP contribution in [0.5, 0.6) is 0 Å². The Morgan fingerprint density at radius 3 is 2.62 bits per heavy atom. The second kappa shape index (κ2) is 6.07. The van der Waals surface area contributed by atoms with Crippen LogP contribution in [0.2, 0.25) is 5.02 Å². The normalized spacial score (nSPS) is 15.9. The van der Waals surface area contributed by atoms with Gasteiger partial charge in [-0.25, -0.2) is 9.37 Å². The van der Waals surface area contributed by atoms with Crippen LogP contribution >= 0.6 is 11.6 Å². The maximum absolute atomic E-state index is 13.6. The number of rotatable bonds is 3. The lowest BCUT2D eigenvalue weighted by Gasteiger charge is -2.42. The lowest BCUT2D eigenvalue weighted by atomic mass is 9.97. The molecule has 1 aromatic heterocycles. The highest BCUT2D eigenvalue weighted by Crippen LogP contribution is 2.32. The predicted octanol–water partition coefficient (Wildman–Crippen LogP) is 3.79. The van der Waals surface area contributed by atoms with E-state index in [4.69, 9.17) is 21.8 Å². The fourth-order valence-electron chi connectivity index (χ4n) is 3.17. The van der Waals surface area contributed by atoms with E-state index in [9.17, 15) is 9.18 Å². The first-order valence-corrected chi connectivity index (χ1v) is 8.62. The van der Waals surface area contributed by atoms with E-state index in [0.29, 0.717) is 27.6 Å². The maximum Gasteiger partial charge on any atom is 0.254 e. The second-order valence-electron chi connectivity index (χ2n) is 6.77.